The van der Waals surface area contributed by atoms with Gasteiger partial charge in [0, 0.05) is 11.1 Å². The molecule has 3 atom stereocenters. The van der Waals surface area contributed by atoms with Gasteiger partial charge in [-0.25, -0.2) is 0 Å². The van der Waals surface area contributed by atoms with Crippen LogP contribution < -0.4 is 10.1 Å². The topological polar surface area (TPSA) is 125 Å². The van der Waals surface area contributed by atoms with Gasteiger partial charge in [0.15, 0.2) is 5.82 Å². The van der Waals surface area contributed by atoms with E-state index < -0.39 is 5.66 Å². The van der Waals surface area contributed by atoms with Crippen molar-refractivity contribution in [2.75, 3.05) is 6.61 Å². The maximum absolute atomic E-state index is 14.8. The summed E-state index contributed by atoms with van der Waals surface area (Å²) in [5.41, 5.74) is 2.17. The van der Waals surface area contributed by atoms with E-state index in [2.05, 4.69) is 95.2 Å². The summed E-state index contributed by atoms with van der Waals surface area (Å²) in [4.78, 5) is 35.1. The fraction of sp³-hybridized carbons (Fsp3) is 0.600. The van der Waals surface area contributed by atoms with E-state index in [1.807, 2.05) is 53.4 Å². The first-order valence-corrected chi connectivity index (χ1v) is 18.2. The summed E-state index contributed by atoms with van der Waals surface area (Å²) in [5.74, 6) is 1.90. The monoisotopic (exact) mass is 685 g/mol. The van der Waals surface area contributed by atoms with Crippen molar-refractivity contribution >= 4 is 17.5 Å². The third kappa shape index (κ3) is 10.5. The molecule has 0 spiro atoms. The van der Waals surface area contributed by atoms with E-state index in [0.29, 0.717) is 35.5 Å². The molecular weight excluding hydrogens is 626 g/mol. The molecule has 1 aliphatic heterocycles. The van der Waals surface area contributed by atoms with Gasteiger partial charge in [-0.15, -0.1) is 10.2 Å². The van der Waals surface area contributed by atoms with Crippen LogP contribution in [0.25, 0.3) is 0 Å². The molecule has 0 fully saturated rings. The van der Waals surface area contributed by atoms with Gasteiger partial charge in [-0.2, -0.15) is 5.21 Å². The average Bonchev–Trinajstić information content (AvgIpc) is 3.67. The molecule has 0 saturated carbocycles. The number of aromatic amines is 1. The largest absolute Gasteiger partial charge is 0.494 e. The van der Waals surface area contributed by atoms with Crippen LogP contribution in [0.4, 0.5) is 0 Å². The minimum atomic E-state index is -0.761. The molecule has 2 N–H and O–H groups in total. The molecule has 0 saturated heterocycles. The fourth-order valence-electron chi connectivity index (χ4n) is 6.24. The van der Waals surface area contributed by atoms with Crippen LogP contribution in [0.3, 0.4) is 0 Å². The number of hydrogen-bond acceptors (Lipinski definition) is 7. The predicted molar refractivity (Wildman–Crippen MR) is 199 cm³/mol. The van der Waals surface area contributed by atoms with Gasteiger partial charge < -0.3 is 15.0 Å². The number of benzene rings is 2. The Balaban J connectivity index is 1.68. The van der Waals surface area contributed by atoms with Crippen LogP contribution in [0.15, 0.2) is 53.5 Å². The second kappa shape index (κ2) is 16.3. The SMILES string of the molecule is CC(C)CCCOc1cccc(C2=NC(C)(CCC(C)C(C)(C)C)N([C@H](CCC(C)(C)C)c3ccc(C(=O)NCc4nn[nH]n4)cc3)C2=O)c1. The van der Waals surface area contributed by atoms with Gasteiger partial charge in [-0.05, 0) is 97.9 Å². The minimum absolute atomic E-state index is 0.0537. The molecule has 2 aromatic carbocycles. The number of H-pyrrole nitrogens is 1. The number of nitrogens with one attached hydrogen (secondary N) is 2. The molecular formula is C40H59N7O3. The van der Waals surface area contributed by atoms with Gasteiger partial charge in [-0.3, -0.25) is 14.6 Å². The first-order chi connectivity index (χ1) is 23.5. The molecule has 0 bridgehead atoms. The van der Waals surface area contributed by atoms with E-state index >= 15 is 0 Å². The number of ether oxygens (including phenoxy) is 1. The Hall–Kier alpha value is -4.08. The maximum Gasteiger partial charge on any atom is 0.275 e. The molecule has 2 heterocycles. The second-order valence-corrected chi connectivity index (χ2v) is 16.8. The van der Waals surface area contributed by atoms with Crippen molar-refractivity contribution in [1.29, 1.82) is 0 Å². The van der Waals surface area contributed by atoms with Crippen LogP contribution >= 0.6 is 0 Å². The lowest BCUT2D eigenvalue weighted by atomic mass is 9.78. The highest BCUT2D eigenvalue weighted by Crippen LogP contribution is 2.43. The Kier molecular flexibility index (Phi) is 12.6. The van der Waals surface area contributed by atoms with E-state index in [4.69, 9.17) is 9.73 Å². The molecule has 50 heavy (non-hydrogen) atoms. The quantitative estimate of drug-likeness (QED) is 0.146. The molecule has 272 valence electrons. The van der Waals surface area contributed by atoms with E-state index in [1.54, 1.807) is 0 Å². The molecule has 1 aliphatic rings. The Morgan fingerprint density at radius 3 is 2.34 bits per heavy atom. The van der Waals surface area contributed by atoms with Crippen LogP contribution in [0.5, 0.6) is 5.75 Å². The summed E-state index contributed by atoms with van der Waals surface area (Å²) in [6.07, 6.45) is 5.39. The first-order valence-electron chi connectivity index (χ1n) is 18.2. The van der Waals surface area contributed by atoms with Crippen molar-refractivity contribution in [3.63, 3.8) is 0 Å². The van der Waals surface area contributed by atoms with Crippen molar-refractivity contribution in [2.24, 2.45) is 27.7 Å². The first kappa shape index (κ1) is 38.7. The lowest BCUT2D eigenvalue weighted by molar-refractivity contribution is -0.131. The normalized spacial score (nSPS) is 17.9. The van der Waals surface area contributed by atoms with Crippen LogP contribution in [-0.4, -0.2) is 55.3 Å². The molecule has 4 rings (SSSR count). The van der Waals surface area contributed by atoms with Crippen molar-refractivity contribution in [1.82, 2.24) is 30.8 Å². The molecule has 0 radical (unpaired) electrons. The maximum atomic E-state index is 14.8. The molecule has 10 heteroatoms. The van der Waals surface area contributed by atoms with Gasteiger partial charge in [0.1, 0.15) is 17.1 Å². The number of carbonyl (C=O) groups is 2. The number of aromatic nitrogens is 4. The average molecular weight is 686 g/mol. The molecule has 0 aliphatic carbocycles. The summed E-state index contributed by atoms with van der Waals surface area (Å²) < 4.78 is 6.12. The van der Waals surface area contributed by atoms with Crippen molar-refractivity contribution in [3.05, 3.63) is 71.0 Å². The van der Waals surface area contributed by atoms with Crippen molar-refractivity contribution in [2.45, 2.75) is 126 Å². The second-order valence-electron chi connectivity index (χ2n) is 16.8. The number of nitrogens with zero attached hydrogens (tertiary/aromatic N) is 5. The Morgan fingerprint density at radius 2 is 1.72 bits per heavy atom. The van der Waals surface area contributed by atoms with E-state index in [0.717, 1.165) is 55.4 Å². The Labute approximate surface area is 299 Å². The zero-order valence-electron chi connectivity index (χ0n) is 32.0. The number of tetrazole rings is 1. The number of aliphatic imine (C=N–C) groups is 1. The van der Waals surface area contributed by atoms with E-state index in [-0.39, 0.29) is 35.2 Å². The molecule has 1 aromatic heterocycles. The number of hydrogen-bond donors (Lipinski definition) is 2. The highest BCUT2D eigenvalue weighted by atomic mass is 16.5. The zero-order chi connectivity index (χ0) is 36.7. The predicted octanol–water partition coefficient (Wildman–Crippen LogP) is 8.32. The third-order valence-electron chi connectivity index (χ3n) is 9.96. The van der Waals surface area contributed by atoms with Crippen LogP contribution in [0, 0.1) is 22.7 Å². The molecule has 3 aromatic rings. The summed E-state index contributed by atoms with van der Waals surface area (Å²) in [6.45, 7) is 23.1. The van der Waals surface area contributed by atoms with Crippen LogP contribution in [0.1, 0.15) is 141 Å². The van der Waals surface area contributed by atoms with Crippen molar-refractivity contribution in [3.8, 4) is 5.75 Å². The summed E-state index contributed by atoms with van der Waals surface area (Å²) in [5, 5.41) is 16.6. The lowest BCUT2D eigenvalue weighted by Gasteiger charge is -2.41. The summed E-state index contributed by atoms with van der Waals surface area (Å²) in [7, 11) is 0. The van der Waals surface area contributed by atoms with Gasteiger partial charge in [0.25, 0.3) is 11.8 Å². The van der Waals surface area contributed by atoms with Crippen LogP contribution in [-0.2, 0) is 11.3 Å². The summed E-state index contributed by atoms with van der Waals surface area (Å²) in [6, 6.07) is 15.2. The van der Waals surface area contributed by atoms with E-state index in [1.165, 1.54) is 0 Å². The van der Waals surface area contributed by atoms with E-state index in [9.17, 15) is 9.59 Å². The van der Waals surface area contributed by atoms with Crippen molar-refractivity contribution < 1.29 is 14.3 Å². The highest BCUT2D eigenvalue weighted by Gasteiger charge is 2.48. The molecule has 10 nitrogen and oxygen atoms in total. The molecule has 2 unspecified atom stereocenters. The third-order valence-corrected chi connectivity index (χ3v) is 9.96. The lowest BCUT2D eigenvalue weighted by Crippen LogP contribution is -2.47. The van der Waals surface area contributed by atoms with Gasteiger partial charge >= 0.3 is 0 Å². The number of carbonyl (C=O) groups excluding carboxylic acids is 2. The smallest absolute Gasteiger partial charge is 0.275 e. The standard InChI is InChI=1S/C40H59N7O3/c1-27(2)13-12-24-50-32-15-11-14-31(25-32)35-37(49)47(40(10,42-35)23-20-28(3)39(7,8)9)33(21-22-38(4,5)6)29-16-18-30(19-17-29)36(48)41-26-34-43-45-46-44-34/h11,14-19,25,27-28,33H,12-13,20-24,26H2,1-10H3,(H,41,48)(H,43,44,45,46)/t28?,33-,40?/m1/s1. The minimum Gasteiger partial charge on any atom is -0.494 e. The van der Waals surface area contributed by atoms with Gasteiger partial charge in [0.2, 0.25) is 0 Å². The molecule has 2 amide bonds. The van der Waals surface area contributed by atoms with Crippen LogP contribution in [0.2, 0.25) is 0 Å². The zero-order valence-corrected chi connectivity index (χ0v) is 32.0. The van der Waals surface area contributed by atoms with Gasteiger partial charge in [-0.1, -0.05) is 91.8 Å². The van der Waals surface area contributed by atoms with Gasteiger partial charge in [0.05, 0.1) is 19.2 Å². The number of amides is 2. The number of rotatable bonds is 16. The fourth-order valence-corrected chi connectivity index (χ4v) is 6.24. The Morgan fingerprint density at radius 1 is 1.00 bits per heavy atom. The Bertz CT molecular complexity index is 1590. The highest BCUT2D eigenvalue weighted by molar-refractivity contribution is 6.46. The summed E-state index contributed by atoms with van der Waals surface area (Å²) >= 11 is 0.